The molecule has 45 heavy (non-hydrogen) atoms. The number of fused-ring (bicyclic) bond motifs is 9. The lowest BCUT2D eigenvalue weighted by atomic mass is 9.98. The summed E-state index contributed by atoms with van der Waals surface area (Å²) in [7, 11) is 0. The highest BCUT2D eigenvalue weighted by Gasteiger charge is 2.18. The van der Waals surface area contributed by atoms with Crippen LogP contribution in [0.2, 0.25) is 0 Å². The molecule has 210 valence electrons. The van der Waals surface area contributed by atoms with Crippen LogP contribution in [0.5, 0.6) is 0 Å². The Balaban J connectivity index is 1.20. The van der Waals surface area contributed by atoms with Crippen LogP contribution in [0.3, 0.4) is 0 Å². The van der Waals surface area contributed by atoms with Crippen molar-refractivity contribution in [2.24, 2.45) is 0 Å². The van der Waals surface area contributed by atoms with Gasteiger partial charge in [0.25, 0.3) is 0 Å². The number of para-hydroxylation sites is 3. The SMILES string of the molecule is c1ccc(-n2c3ccccc3c3ccc(-c4cccc5oc6cc(-n7c8ccccc8c8cccnc87)ccc6c45)cc32)cc1. The predicted molar refractivity (Wildman–Crippen MR) is 186 cm³/mol. The first-order chi connectivity index (χ1) is 22.3. The molecule has 10 aromatic rings. The zero-order valence-corrected chi connectivity index (χ0v) is 24.2. The van der Waals surface area contributed by atoms with E-state index in [0.717, 1.165) is 61.0 Å². The third-order valence-electron chi connectivity index (χ3n) is 9.17. The minimum absolute atomic E-state index is 0.858. The van der Waals surface area contributed by atoms with Gasteiger partial charge >= 0.3 is 0 Å². The van der Waals surface area contributed by atoms with Crippen molar-refractivity contribution in [1.82, 2.24) is 14.1 Å². The molecule has 0 spiro atoms. The van der Waals surface area contributed by atoms with Gasteiger partial charge in [0.05, 0.1) is 22.2 Å². The predicted octanol–water partition coefficient (Wildman–Crippen LogP) is 10.8. The maximum atomic E-state index is 6.57. The summed E-state index contributed by atoms with van der Waals surface area (Å²) in [5.74, 6) is 0. The van der Waals surface area contributed by atoms with Gasteiger partial charge in [-0.05, 0) is 71.8 Å². The van der Waals surface area contributed by atoms with E-state index in [4.69, 9.17) is 9.40 Å². The second-order valence-corrected chi connectivity index (χ2v) is 11.6. The molecule has 10 rings (SSSR count). The summed E-state index contributed by atoms with van der Waals surface area (Å²) in [6.07, 6.45) is 1.86. The number of benzene rings is 6. The fourth-order valence-electron chi connectivity index (χ4n) is 7.24. The van der Waals surface area contributed by atoms with Crippen molar-refractivity contribution in [3.05, 3.63) is 152 Å². The standard InChI is InChI=1S/C41H25N3O/c1-2-10-27(11-3-1)43-35-16-6-4-12-30(35)32-21-19-26(24-37(32)43)29-14-8-18-38-40(29)34-22-20-28(25-39(34)45-38)44-36-17-7-5-13-31(36)33-15-9-23-42-41(33)44/h1-25H. The van der Waals surface area contributed by atoms with Gasteiger partial charge < -0.3 is 8.98 Å². The summed E-state index contributed by atoms with van der Waals surface area (Å²) >= 11 is 0. The van der Waals surface area contributed by atoms with Crippen LogP contribution in [-0.4, -0.2) is 14.1 Å². The molecule has 0 fully saturated rings. The number of pyridine rings is 1. The molecule has 4 nitrogen and oxygen atoms in total. The van der Waals surface area contributed by atoms with E-state index in [9.17, 15) is 0 Å². The Bertz CT molecular complexity index is 2710. The molecule has 0 aliphatic carbocycles. The van der Waals surface area contributed by atoms with E-state index >= 15 is 0 Å². The largest absolute Gasteiger partial charge is 0.456 e. The number of aromatic nitrogens is 3. The van der Waals surface area contributed by atoms with Crippen LogP contribution in [0.1, 0.15) is 0 Å². The maximum Gasteiger partial charge on any atom is 0.145 e. The zero-order valence-electron chi connectivity index (χ0n) is 24.2. The van der Waals surface area contributed by atoms with Gasteiger partial charge in [-0.25, -0.2) is 4.98 Å². The first kappa shape index (κ1) is 24.3. The summed E-state index contributed by atoms with van der Waals surface area (Å²) < 4.78 is 11.2. The third kappa shape index (κ3) is 3.45. The van der Waals surface area contributed by atoms with Crippen molar-refractivity contribution in [3.8, 4) is 22.5 Å². The molecule has 4 heteroatoms. The van der Waals surface area contributed by atoms with Crippen LogP contribution in [0, 0.1) is 0 Å². The van der Waals surface area contributed by atoms with Crippen LogP contribution in [-0.2, 0) is 0 Å². The molecule has 6 aromatic carbocycles. The van der Waals surface area contributed by atoms with Gasteiger partial charge in [0, 0.05) is 50.3 Å². The molecule has 0 aliphatic heterocycles. The average Bonchev–Trinajstić information content (AvgIpc) is 3.75. The first-order valence-electron chi connectivity index (χ1n) is 15.2. The molecule has 0 radical (unpaired) electrons. The number of nitrogens with zero attached hydrogens (tertiary/aromatic N) is 3. The number of furan rings is 1. The van der Waals surface area contributed by atoms with Gasteiger partial charge in [0.15, 0.2) is 0 Å². The molecular weight excluding hydrogens is 550 g/mol. The molecular formula is C41H25N3O. The highest BCUT2D eigenvalue weighted by atomic mass is 16.3. The Morgan fingerprint density at radius 1 is 0.444 bits per heavy atom. The van der Waals surface area contributed by atoms with E-state index in [-0.39, 0.29) is 0 Å². The lowest BCUT2D eigenvalue weighted by Gasteiger charge is -2.09. The highest BCUT2D eigenvalue weighted by molar-refractivity contribution is 6.15. The molecule has 4 aromatic heterocycles. The Hall–Kier alpha value is -6.13. The fourth-order valence-corrected chi connectivity index (χ4v) is 7.24. The van der Waals surface area contributed by atoms with Gasteiger partial charge in [0.2, 0.25) is 0 Å². The van der Waals surface area contributed by atoms with Crippen molar-refractivity contribution < 1.29 is 4.42 Å². The van der Waals surface area contributed by atoms with Crippen LogP contribution >= 0.6 is 0 Å². The van der Waals surface area contributed by atoms with Crippen molar-refractivity contribution in [1.29, 1.82) is 0 Å². The van der Waals surface area contributed by atoms with Gasteiger partial charge in [0.1, 0.15) is 16.8 Å². The van der Waals surface area contributed by atoms with Crippen molar-refractivity contribution >= 4 is 65.7 Å². The lowest BCUT2D eigenvalue weighted by molar-refractivity contribution is 0.668. The second-order valence-electron chi connectivity index (χ2n) is 11.6. The topological polar surface area (TPSA) is 35.9 Å². The molecule has 0 aliphatic rings. The maximum absolute atomic E-state index is 6.57. The summed E-state index contributed by atoms with van der Waals surface area (Å²) in [5.41, 5.74) is 10.7. The lowest BCUT2D eigenvalue weighted by Crippen LogP contribution is -1.94. The minimum Gasteiger partial charge on any atom is -0.456 e. The summed E-state index contributed by atoms with van der Waals surface area (Å²) in [6.45, 7) is 0. The quantitative estimate of drug-likeness (QED) is 0.210. The average molecular weight is 576 g/mol. The summed E-state index contributed by atoms with van der Waals surface area (Å²) in [4.78, 5) is 4.77. The Morgan fingerprint density at radius 3 is 2.02 bits per heavy atom. The van der Waals surface area contributed by atoms with Gasteiger partial charge in [-0.2, -0.15) is 0 Å². The van der Waals surface area contributed by atoms with Gasteiger partial charge in [-0.15, -0.1) is 0 Å². The Kier molecular flexibility index (Phi) is 4.96. The molecule has 0 bridgehead atoms. The van der Waals surface area contributed by atoms with Crippen LogP contribution in [0.4, 0.5) is 0 Å². The van der Waals surface area contributed by atoms with Gasteiger partial charge in [-0.3, -0.25) is 4.57 Å². The molecule has 0 N–H and O–H groups in total. The first-order valence-corrected chi connectivity index (χ1v) is 15.2. The van der Waals surface area contributed by atoms with Crippen molar-refractivity contribution in [2.75, 3.05) is 0 Å². The van der Waals surface area contributed by atoms with Crippen LogP contribution in [0.25, 0.3) is 88.2 Å². The smallest absolute Gasteiger partial charge is 0.145 e. The second kappa shape index (κ2) is 9.18. The van der Waals surface area contributed by atoms with E-state index in [1.165, 1.54) is 27.2 Å². The third-order valence-corrected chi connectivity index (χ3v) is 9.17. The van der Waals surface area contributed by atoms with E-state index in [0.29, 0.717) is 0 Å². The molecule has 0 atom stereocenters. The number of rotatable bonds is 3. The van der Waals surface area contributed by atoms with E-state index in [1.807, 2.05) is 12.3 Å². The van der Waals surface area contributed by atoms with E-state index < -0.39 is 0 Å². The highest BCUT2D eigenvalue weighted by Crippen LogP contribution is 2.41. The summed E-state index contributed by atoms with van der Waals surface area (Å²) in [5, 5.41) is 7.05. The Morgan fingerprint density at radius 2 is 1.16 bits per heavy atom. The molecule has 0 amide bonds. The van der Waals surface area contributed by atoms with E-state index in [2.05, 4.69) is 149 Å². The molecule has 0 unspecified atom stereocenters. The van der Waals surface area contributed by atoms with E-state index in [1.54, 1.807) is 0 Å². The minimum atomic E-state index is 0.858. The van der Waals surface area contributed by atoms with Crippen molar-refractivity contribution in [2.45, 2.75) is 0 Å². The van der Waals surface area contributed by atoms with Gasteiger partial charge in [-0.1, -0.05) is 78.9 Å². The normalized spacial score (nSPS) is 12.0. The fraction of sp³-hybridized carbons (Fsp3) is 0. The summed E-state index contributed by atoms with van der Waals surface area (Å²) in [6, 6.07) is 51.6. The molecule has 4 heterocycles. The molecule has 0 saturated heterocycles. The number of hydrogen-bond donors (Lipinski definition) is 0. The molecule has 0 saturated carbocycles. The zero-order chi connectivity index (χ0) is 29.5. The van der Waals surface area contributed by atoms with Crippen molar-refractivity contribution in [3.63, 3.8) is 0 Å². The van der Waals surface area contributed by atoms with Crippen LogP contribution < -0.4 is 0 Å². The monoisotopic (exact) mass is 575 g/mol. The van der Waals surface area contributed by atoms with Crippen LogP contribution in [0.15, 0.2) is 156 Å². The number of hydrogen-bond acceptors (Lipinski definition) is 2. The Labute approximate surface area is 258 Å².